The number of nitrogens with zero attached hydrogens (tertiary/aromatic N) is 2. The van der Waals surface area contributed by atoms with E-state index in [9.17, 15) is 4.79 Å². The average Bonchev–Trinajstić information content (AvgIpc) is 2.44. The topological polar surface area (TPSA) is 59.3 Å². The highest BCUT2D eigenvalue weighted by molar-refractivity contribution is 7.99. The molecule has 0 aliphatic heterocycles. The molecule has 0 fully saturated rings. The van der Waals surface area contributed by atoms with E-state index >= 15 is 0 Å². The Labute approximate surface area is 131 Å². The van der Waals surface area contributed by atoms with Crippen molar-refractivity contribution in [3.8, 4) is 0 Å². The van der Waals surface area contributed by atoms with Crippen LogP contribution in [0.2, 0.25) is 0 Å². The molecule has 6 heteroatoms. The molecule has 0 aliphatic carbocycles. The fourth-order valence-electron chi connectivity index (χ4n) is 2.11. The molecule has 1 amide bonds. The number of carbonyl (C=O) groups is 1. The highest BCUT2D eigenvalue weighted by Crippen LogP contribution is 2.13. The predicted octanol–water partition coefficient (Wildman–Crippen LogP) is 0.617. The first-order valence-corrected chi connectivity index (χ1v) is 8.59. The van der Waals surface area contributed by atoms with E-state index in [2.05, 4.69) is 29.1 Å². The second-order valence-electron chi connectivity index (χ2n) is 5.13. The highest BCUT2D eigenvalue weighted by atomic mass is 32.2. The molecule has 0 aromatic carbocycles. The number of hydrogen-bond donors (Lipinski definition) is 2. The Morgan fingerprint density at radius 3 is 2.43 bits per heavy atom. The molecule has 5 nitrogen and oxygen atoms in total. The standard InChI is InChI=1S/C15H26N4OS/c1-5-19(6-2)9-7-8-16-14(20)11-21-15-17-12(3)10-13(4)18-15/h10H,5-9,11H2,1-4H3,(H,16,20)/p+1. The Kier molecular flexibility index (Phi) is 8.30. The van der Waals surface area contributed by atoms with Gasteiger partial charge in [0, 0.05) is 24.4 Å². The molecule has 0 unspecified atom stereocenters. The minimum atomic E-state index is 0.0531. The zero-order valence-corrected chi connectivity index (χ0v) is 14.3. The number of aromatic nitrogens is 2. The molecule has 0 atom stereocenters. The highest BCUT2D eigenvalue weighted by Gasteiger charge is 2.07. The van der Waals surface area contributed by atoms with Crippen LogP contribution in [0.3, 0.4) is 0 Å². The summed E-state index contributed by atoms with van der Waals surface area (Å²) in [6.45, 7) is 12.4. The van der Waals surface area contributed by atoms with Gasteiger partial charge in [0.15, 0.2) is 5.16 Å². The molecule has 2 N–H and O–H groups in total. The second kappa shape index (κ2) is 9.73. The second-order valence-corrected chi connectivity index (χ2v) is 6.08. The average molecular weight is 311 g/mol. The van der Waals surface area contributed by atoms with Gasteiger partial charge >= 0.3 is 0 Å². The van der Waals surface area contributed by atoms with Crippen LogP contribution in [0.15, 0.2) is 11.2 Å². The summed E-state index contributed by atoms with van der Waals surface area (Å²) in [5.74, 6) is 0.429. The largest absolute Gasteiger partial charge is 0.355 e. The Morgan fingerprint density at radius 2 is 1.86 bits per heavy atom. The molecule has 1 rings (SSSR count). The summed E-state index contributed by atoms with van der Waals surface area (Å²) in [5.41, 5.74) is 1.88. The Bertz CT molecular complexity index is 429. The smallest absolute Gasteiger partial charge is 0.230 e. The van der Waals surface area contributed by atoms with E-state index in [0.29, 0.717) is 10.9 Å². The van der Waals surface area contributed by atoms with E-state index < -0.39 is 0 Å². The number of hydrogen-bond acceptors (Lipinski definition) is 4. The third-order valence-electron chi connectivity index (χ3n) is 3.32. The summed E-state index contributed by atoms with van der Waals surface area (Å²) < 4.78 is 0. The lowest BCUT2D eigenvalue weighted by atomic mass is 10.3. The van der Waals surface area contributed by atoms with E-state index in [0.717, 1.165) is 44.0 Å². The molecule has 21 heavy (non-hydrogen) atoms. The van der Waals surface area contributed by atoms with Crippen LogP contribution in [0.25, 0.3) is 0 Å². The monoisotopic (exact) mass is 311 g/mol. The van der Waals surface area contributed by atoms with Crippen LogP contribution >= 0.6 is 11.8 Å². The van der Waals surface area contributed by atoms with Crippen molar-refractivity contribution in [1.29, 1.82) is 0 Å². The maximum Gasteiger partial charge on any atom is 0.230 e. The van der Waals surface area contributed by atoms with Gasteiger partial charge in [-0.3, -0.25) is 4.79 Å². The Balaban J connectivity index is 2.22. The fourth-order valence-corrected chi connectivity index (χ4v) is 2.89. The molecule has 1 aromatic rings. The van der Waals surface area contributed by atoms with Crippen molar-refractivity contribution in [2.75, 3.05) is 31.9 Å². The summed E-state index contributed by atoms with van der Waals surface area (Å²) in [6, 6.07) is 1.93. The summed E-state index contributed by atoms with van der Waals surface area (Å²) in [4.78, 5) is 22.0. The van der Waals surface area contributed by atoms with Crippen LogP contribution in [0.5, 0.6) is 0 Å². The fraction of sp³-hybridized carbons (Fsp3) is 0.667. The van der Waals surface area contributed by atoms with Gasteiger partial charge in [-0.05, 0) is 33.8 Å². The third kappa shape index (κ3) is 7.43. The van der Waals surface area contributed by atoms with Gasteiger partial charge in [0.1, 0.15) is 0 Å². The maximum atomic E-state index is 11.8. The summed E-state index contributed by atoms with van der Waals surface area (Å²) in [7, 11) is 0. The number of aryl methyl sites for hydroxylation is 2. The van der Waals surface area contributed by atoms with Crippen molar-refractivity contribution in [3.63, 3.8) is 0 Å². The molecule has 118 valence electrons. The minimum absolute atomic E-state index is 0.0531. The third-order valence-corrected chi connectivity index (χ3v) is 4.17. The number of thioether (sulfide) groups is 1. The van der Waals surface area contributed by atoms with Gasteiger partial charge in [-0.1, -0.05) is 11.8 Å². The van der Waals surface area contributed by atoms with Crippen molar-refractivity contribution < 1.29 is 9.69 Å². The van der Waals surface area contributed by atoms with Crippen molar-refractivity contribution in [2.24, 2.45) is 0 Å². The molecule has 0 radical (unpaired) electrons. The van der Waals surface area contributed by atoms with Gasteiger partial charge < -0.3 is 10.2 Å². The van der Waals surface area contributed by atoms with E-state index in [1.807, 2.05) is 19.9 Å². The lowest BCUT2D eigenvalue weighted by Gasteiger charge is -2.15. The molecule has 0 aliphatic rings. The molecule has 0 saturated heterocycles. The van der Waals surface area contributed by atoms with Gasteiger partial charge in [0.05, 0.1) is 25.4 Å². The van der Waals surface area contributed by atoms with Gasteiger partial charge in [0.25, 0.3) is 0 Å². The van der Waals surface area contributed by atoms with Crippen molar-refractivity contribution >= 4 is 17.7 Å². The molecule has 1 aromatic heterocycles. The maximum absolute atomic E-state index is 11.8. The van der Waals surface area contributed by atoms with E-state index in [4.69, 9.17) is 0 Å². The quantitative estimate of drug-likeness (QED) is 0.399. The first kappa shape index (κ1) is 17.9. The zero-order chi connectivity index (χ0) is 15.7. The first-order chi connectivity index (χ1) is 10.0. The van der Waals surface area contributed by atoms with Crippen LogP contribution < -0.4 is 10.2 Å². The van der Waals surface area contributed by atoms with Crippen molar-refractivity contribution in [1.82, 2.24) is 15.3 Å². The molecule has 0 saturated carbocycles. The molecular weight excluding hydrogens is 284 g/mol. The SMILES string of the molecule is CC[NH+](CC)CCCNC(=O)CSc1nc(C)cc(C)n1. The zero-order valence-electron chi connectivity index (χ0n) is 13.5. The van der Waals surface area contributed by atoms with Crippen LogP contribution in [-0.4, -0.2) is 47.8 Å². The van der Waals surface area contributed by atoms with Crippen LogP contribution in [0, 0.1) is 13.8 Å². The lowest BCUT2D eigenvalue weighted by molar-refractivity contribution is -0.896. The van der Waals surface area contributed by atoms with Crippen LogP contribution in [0.1, 0.15) is 31.7 Å². The number of carbonyl (C=O) groups excluding carboxylic acids is 1. The van der Waals surface area contributed by atoms with Gasteiger partial charge in [-0.15, -0.1) is 0 Å². The van der Waals surface area contributed by atoms with E-state index in [1.165, 1.54) is 11.8 Å². The first-order valence-electron chi connectivity index (χ1n) is 7.60. The van der Waals surface area contributed by atoms with Gasteiger partial charge in [-0.2, -0.15) is 0 Å². The Hall–Kier alpha value is -1.14. The van der Waals surface area contributed by atoms with Gasteiger partial charge in [-0.25, -0.2) is 9.97 Å². The molecule has 1 heterocycles. The number of quaternary nitrogens is 1. The summed E-state index contributed by atoms with van der Waals surface area (Å²) in [5, 5.41) is 3.63. The van der Waals surface area contributed by atoms with Crippen molar-refractivity contribution in [2.45, 2.75) is 39.3 Å². The normalized spacial score (nSPS) is 10.9. The van der Waals surface area contributed by atoms with Gasteiger partial charge in [0.2, 0.25) is 5.91 Å². The summed E-state index contributed by atoms with van der Waals surface area (Å²) >= 11 is 1.39. The number of rotatable bonds is 9. The molecule has 0 spiro atoms. The number of amides is 1. The van der Waals surface area contributed by atoms with Crippen molar-refractivity contribution in [3.05, 3.63) is 17.5 Å². The van der Waals surface area contributed by atoms with Crippen LogP contribution in [0.4, 0.5) is 0 Å². The lowest BCUT2D eigenvalue weighted by Crippen LogP contribution is -3.11. The van der Waals surface area contributed by atoms with E-state index in [-0.39, 0.29) is 5.91 Å². The Morgan fingerprint density at radius 1 is 1.24 bits per heavy atom. The molecule has 0 bridgehead atoms. The summed E-state index contributed by atoms with van der Waals surface area (Å²) in [6.07, 6.45) is 1.02. The minimum Gasteiger partial charge on any atom is -0.355 e. The van der Waals surface area contributed by atoms with Crippen LogP contribution in [-0.2, 0) is 4.79 Å². The predicted molar refractivity (Wildman–Crippen MR) is 86.8 cm³/mol. The number of nitrogens with one attached hydrogen (secondary N) is 2. The molecular formula is C15H27N4OS+. The van der Waals surface area contributed by atoms with E-state index in [1.54, 1.807) is 4.90 Å².